The maximum absolute atomic E-state index is 13.7. The predicted octanol–water partition coefficient (Wildman–Crippen LogP) is 3.51. The summed E-state index contributed by atoms with van der Waals surface area (Å²) >= 11 is 5.79. The Morgan fingerprint density at radius 3 is 2.52 bits per heavy atom. The van der Waals surface area contributed by atoms with Gasteiger partial charge in [-0.2, -0.15) is 0 Å². The van der Waals surface area contributed by atoms with Crippen molar-refractivity contribution in [3.63, 3.8) is 0 Å². The van der Waals surface area contributed by atoms with Gasteiger partial charge in [0.25, 0.3) is 5.69 Å². The Balaban J connectivity index is 2.46. The van der Waals surface area contributed by atoms with Crippen molar-refractivity contribution in [3.05, 3.63) is 74.0 Å². The van der Waals surface area contributed by atoms with Crippen molar-refractivity contribution in [2.75, 3.05) is 0 Å². The normalized spacial score (nSPS) is 10.3. The number of aromatic carboxylic acids is 1. The van der Waals surface area contributed by atoms with Crippen LogP contribution in [0.2, 0.25) is 5.02 Å². The van der Waals surface area contributed by atoms with E-state index in [1.54, 1.807) is 0 Å². The van der Waals surface area contributed by atoms with Gasteiger partial charge in [-0.1, -0.05) is 17.7 Å². The van der Waals surface area contributed by atoms with Gasteiger partial charge in [-0.3, -0.25) is 14.9 Å². The molecule has 6 nitrogen and oxygen atoms in total. The Morgan fingerprint density at radius 1 is 1.26 bits per heavy atom. The molecule has 0 amide bonds. The van der Waals surface area contributed by atoms with Crippen LogP contribution in [-0.2, 0) is 6.42 Å². The molecule has 2 aromatic rings. The molecular formula is C15H9ClFNO5. The number of rotatable bonds is 5. The number of nitro groups is 1. The molecule has 0 aliphatic carbocycles. The molecule has 0 radical (unpaired) electrons. The number of Topliss-reactive ketones (excluding diaryl/α,β-unsaturated/α-hetero) is 1. The maximum atomic E-state index is 13.7. The molecule has 2 rings (SSSR count). The first kappa shape index (κ1) is 16.6. The van der Waals surface area contributed by atoms with Gasteiger partial charge in [0.2, 0.25) is 0 Å². The highest BCUT2D eigenvalue weighted by Gasteiger charge is 2.22. The van der Waals surface area contributed by atoms with Crippen LogP contribution in [0.25, 0.3) is 0 Å². The minimum atomic E-state index is -1.29. The second-order valence-corrected chi connectivity index (χ2v) is 5.01. The zero-order valence-corrected chi connectivity index (χ0v) is 12.2. The number of benzene rings is 2. The molecule has 1 N–H and O–H groups in total. The lowest BCUT2D eigenvalue weighted by Gasteiger charge is -2.07. The molecule has 0 saturated carbocycles. The average Bonchev–Trinajstić information content (AvgIpc) is 2.46. The standard InChI is InChI=1S/C15H9ClFNO5/c16-10-2-1-3-11(17)14(10)13(19)7-9-6-8(15(20)21)4-5-12(9)18(22)23/h1-6H,7H2,(H,20,21). The van der Waals surface area contributed by atoms with Crippen LogP contribution in [0.4, 0.5) is 10.1 Å². The Hall–Kier alpha value is -2.80. The van der Waals surface area contributed by atoms with Crippen molar-refractivity contribution < 1.29 is 24.0 Å². The van der Waals surface area contributed by atoms with Gasteiger partial charge in [0.15, 0.2) is 5.78 Å². The molecule has 0 aromatic heterocycles. The molecule has 0 fully saturated rings. The number of hydrogen-bond donors (Lipinski definition) is 1. The summed E-state index contributed by atoms with van der Waals surface area (Å²) in [5, 5.41) is 19.8. The third kappa shape index (κ3) is 3.51. The Labute approximate surface area is 134 Å². The minimum absolute atomic E-state index is 0.118. The number of carbonyl (C=O) groups excluding carboxylic acids is 1. The molecule has 8 heteroatoms. The first-order valence-corrected chi connectivity index (χ1v) is 6.67. The average molecular weight is 338 g/mol. The highest BCUT2D eigenvalue weighted by atomic mass is 35.5. The van der Waals surface area contributed by atoms with E-state index in [4.69, 9.17) is 16.7 Å². The summed E-state index contributed by atoms with van der Waals surface area (Å²) in [5.74, 6) is -2.92. The van der Waals surface area contributed by atoms with Crippen molar-refractivity contribution in [3.8, 4) is 0 Å². The van der Waals surface area contributed by atoms with Gasteiger partial charge < -0.3 is 5.11 Å². The maximum Gasteiger partial charge on any atom is 0.335 e. The highest BCUT2D eigenvalue weighted by Crippen LogP contribution is 2.25. The fraction of sp³-hybridized carbons (Fsp3) is 0.0667. The summed E-state index contributed by atoms with van der Waals surface area (Å²) in [6.45, 7) is 0. The van der Waals surface area contributed by atoms with E-state index in [1.165, 1.54) is 12.1 Å². The number of ketones is 1. The van der Waals surface area contributed by atoms with E-state index in [1.807, 2.05) is 0 Å². The van der Waals surface area contributed by atoms with Gasteiger partial charge in [0.1, 0.15) is 5.82 Å². The first-order valence-electron chi connectivity index (χ1n) is 6.29. The molecule has 118 valence electrons. The van der Waals surface area contributed by atoms with Gasteiger partial charge in [-0.05, 0) is 24.3 Å². The Bertz CT molecular complexity index is 801. The van der Waals surface area contributed by atoms with E-state index in [0.717, 1.165) is 24.3 Å². The van der Waals surface area contributed by atoms with Gasteiger partial charge >= 0.3 is 5.97 Å². The second-order valence-electron chi connectivity index (χ2n) is 4.60. The van der Waals surface area contributed by atoms with Crippen molar-refractivity contribution in [1.82, 2.24) is 0 Å². The summed E-state index contributed by atoms with van der Waals surface area (Å²) < 4.78 is 13.7. The Kier molecular flexibility index (Phi) is 4.71. The van der Waals surface area contributed by atoms with Gasteiger partial charge in [0.05, 0.1) is 21.1 Å². The third-order valence-corrected chi connectivity index (χ3v) is 3.43. The third-order valence-electron chi connectivity index (χ3n) is 3.12. The van der Waals surface area contributed by atoms with Crippen LogP contribution in [0.15, 0.2) is 36.4 Å². The Morgan fingerprint density at radius 2 is 1.96 bits per heavy atom. The van der Waals surface area contributed by atoms with E-state index in [2.05, 4.69) is 0 Å². The lowest BCUT2D eigenvalue weighted by Crippen LogP contribution is -2.10. The number of carboxylic acids is 1. The van der Waals surface area contributed by atoms with Crippen molar-refractivity contribution >= 4 is 29.0 Å². The molecule has 0 unspecified atom stereocenters. The van der Waals surface area contributed by atoms with Crippen molar-refractivity contribution in [2.24, 2.45) is 0 Å². The SMILES string of the molecule is O=C(O)c1ccc([N+](=O)[O-])c(CC(=O)c2c(F)cccc2Cl)c1. The van der Waals surface area contributed by atoms with Gasteiger partial charge in [0, 0.05) is 18.1 Å². The first-order chi connectivity index (χ1) is 10.8. The number of nitro benzene ring substituents is 1. The number of nitrogens with zero attached hydrogens (tertiary/aromatic N) is 1. The summed E-state index contributed by atoms with van der Waals surface area (Å²) in [6.07, 6.45) is -0.544. The van der Waals surface area contributed by atoms with E-state index in [9.17, 15) is 24.1 Å². The molecule has 0 spiro atoms. The largest absolute Gasteiger partial charge is 0.478 e. The van der Waals surface area contributed by atoms with Crippen LogP contribution in [0.3, 0.4) is 0 Å². The minimum Gasteiger partial charge on any atom is -0.478 e. The lowest BCUT2D eigenvalue weighted by molar-refractivity contribution is -0.385. The molecule has 0 aliphatic rings. The van der Waals surface area contributed by atoms with Gasteiger partial charge in [-0.25, -0.2) is 9.18 Å². The van der Waals surface area contributed by atoms with Crippen LogP contribution in [0, 0.1) is 15.9 Å². The smallest absolute Gasteiger partial charge is 0.335 e. The highest BCUT2D eigenvalue weighted by molar-refractivity contribution is 6.34. The van der Waals surface area contributed by atoms with E-state index in [-0.39, 0.29) is 21.7 Å². The van der Waals surface area contributed by atoms with E-state index < -0.39 is 34.6 Å². The zero-order valence-electron chi connectivity index (χ0n) is 11.5. The number of halogens is 2. The van der Waals surface area contributed by atoms with E-state index in [0.29, 0.717) is 0 Å². The fourth-order valence-corrected chi connectivity index (χ4v) is 2.33. The predicted molar refractivity (Wildman–Crippen MR) is 79.5 cm³/mol. The fourth-order valence-electron chi connectivity index (χ4n) is 2.06. The number of hydrogen-bond acceptors (Lipinski definition) is 4. The number of carboxylic acid groups (broad SMARTS) is 1. The molecular weight excluding hydrogens is 329 g/mol. The van der Waals surface area contributed by atoms with Gasteiger partial charge in [-0.15, -0.1) is 0 Å². The summed E-state index contributed by atoms with van der Waals surface area (Å²) in [5.41, 5.74) is -1.14. The topological polar surface area (TPSA) is 97.5 Å². The lowest BCUT2D eigenvalue weighted by atomic mass is 9.99. The van der Waals surface area contributed by atoms with Crippen molar-refractivity contribution in [1.29, 1.82) is 0 Å². The summed E-state index contributed by atoms with van der Waals surface area (Å²) in [7, 11) is 0. The summed E-state index contributed by atoms with van der Waals surface area (Å²) in [6, 6.07) is 6.76. The molecule has 0 heterocycles. The molecule has 0 bridgehead atoms. The number of carbonyl (C=O) groups is 2. The molecule has 0 saturated heterocycles. The molecule has 2 aromatic carbocycles. The van der Waals surface area contributed by atoms with Crippen LogP contribution in [0.5, 0.6) is 0 Å². The second kappa shape index (κ2) is 6.53. The molecule has 0 aliphatic heterocycles. The van der Waals surface area contributed by atoms with Crippen LogP contribution >= 0.6 is 11.6 Å². The summed E-state index contributed by atoms with van der Waals surface area (Å²) in [4.78, 5) is 33.4. The van der Waals surface area contributed by atoms with E-state index >= 15 is 0 Å². The monoisotopic (exact) mass is 337 g/mol. The van der Waals surface area contributed by atoms with Crippen LogP contribution in [-0.4, -0.2) is 21.8 Å². The zero-order chi connectivity index (χ0) is 17.1. The van der Waals surface area contributed by atoms with Crippen LogP contribution < -0.4 is 0 Å². The van der Waals surface area contributed by atoms with Crippen molar-refractivity contribution in [2.45, 2.75) is 6.42 Å². The molecule has 0 atom stereocenters. The quantitative estimate of drug-likeness (QED) is 0.511. The molecule has 23 heavy (non-hydrogen) atoms. The van der Waals surface area contributed by atoms with Crippen LogP contribution in [0.1, 0.15) is 26.3 Å².